The molecule has 1 aromatic rings. The lowest BCUT2D eigenvalue weighted by molar-refractivity contribution is 0.173. The number of hydrogen-bond donors (Lipinski definition) is 1. The van der Waals surface area contributed by atoms with E-state index >= 15 is 0 Å². The number of benzene rings is 1. The molecule has 0 saturated carbocycles. The van der Waals surface area contributed by atoms with Crippen molar-refractivity contribution in [2.24, 2.45) is 0 Å². The molecule has 0 amide bonds. The molecule has 1 fully saturated rings. The quantitative estimate of drug-likeness (QED) is 0.847. The third-order valence-electron chi connectivity index (χ3n) is 3.52. The summed E-state index contributed by atoms with van der Waals surface area (Å²) >= 11 is 0. The van der Waals surface area contributed by atoms with Gasteiger partial charge in [-0.15, -0.1) is 0 Å². The molecule has 0 unspecified atom stereocenters. The van der Waals surface area contributed by atoms with Gasteiger partial charge in [0.25, 0.3) is 0 Å². The molecule has 0 aromatic heterocycles. The van der Waals surface area contributed by atoms with Gasteiger partial charge in [0.2, 0.25) is 10.0 Å². The first-order valence-corrected chi connectivity index (χ1v) is 7.77. The Morgan fingerprint density at radius 3 is 2.16 bits per heavy atom. The fourth-order valence-electron chi connectivity index (χ4n) is 1.98. The van der Waals surface area contributed by atoms with Crippen LogP contribution < -0.4 is 5.32 Å². The lowest BCUT2D eigenvalue weighted by Gasteiger charge is -2.35. The van der Waals surface area contributed by atoms with Gasteiger partial charge in [-0.1, -0.05) is 12.1 Å². The maximum atomic E-state index is 11.9. The van der Waals surface area contributed by atoms with Crippen LogP contribution in [-0.2, 0) is 16.6 Å². The lowest BCUT2D eigenvalue weighted by atomic mass is 10.1. The Balaban J connectivity index is 2.06. The summed E-state index contributed by atoms with van der Waals surface area (Å²) in [7, 11) is 1.86. The number of hydrogen-bond acceptors (Lipinski definition) is 4. The average molecular weight is 283 g/mol. The van der Waals surface area contributed by atoms with E-state index in [0.717, 1.165) is 25.2 Å². The van der Waals surface area contributed by atoms with Crippen LogP contribution >= 0.6 is 0 Å². The van der Waals surface area contributed by atoms with Crippen molar-refractivity contribution in [2.45, 2.75) is 17.5 Å². The van der Waals surface area contributed by atoms with Crippen LogP contribution in [0.3, 0.4) is 0 Å². The molecule has 0 aliphatic carbocycles. The molecule has 1 aliphatic heterocycles. The van der Waals surface area contributed by atoms with E-state index in [-0.39, 0.29) is 0 Å². The molecule has 0 spiro atoms. The molecule has 6 heteroatoms. The van der Waals surface area contributed by atoms with Gasteiger partial charge in [-0.2, -0.15) is 0 Å². The Morgan fingerprint density at radius 1 is 1.16 bits per heavy atom. The minimum atomic E-state index is -3.32. The van der Waals surface area contributed by atoms with Crippen LogP contribution in [0.1, 0.15) is 5.56 Å². The highest BCUT2D eigenvalue weighted by atomic mass is 32.2. The minimum Gasteiger partial charge on any atom is -0.314 e. The van der Waals surface area contributed by atoms with E-state index in [1.54, 1.807) is 26.2 Å². The summed E-state index contributed by atoms with van der Waals surface area (Å²) in [6.07, 6.45) is 0. The second-order valence-electron chi connectivity index (χ2n) is 5.16. The summed E-state index contributed by atoms with van der Waals surface area (Å²) < 4.78 is 25.1. The molecule has 0 bridgehead atoms. The summed E-state index contributed by atoms with van der Waals surface area (Å²) in [5, 5.41) is 3.24. The average Bonchev–Trinajstić information content (AvgIpc) is 2.27. The van der Waals surface area contributed by atoms with Crippen LogP contribution in [0.4, 0.5) is 0 Å². The van der Waals surface area contributed by atoms with E-state index in [2.05, 4.69) is 17.3 Å². The minimum absolute atomic E-state index is 0.342. The van der Waals surface area contributed by atoms with E-state index in [1.165, 1.54) is 4.31 Å². The van der Waals surface area contributed by atoms with Gasteiger partial charge in [-0.05, 0) is 24.7 Å². The van der Waals surface area contributed by atoms with Crippen molar-refractivity contribution in [1.82, 2.24) is 14.5 Å². The second-order valence-corrected chi connectivity index (χ2v) is 7.31. The van der Waals surface area contributed by atoms with Crippen molar-refractivity contribution in [2.75, 3.05) is 34.2 Å². The van der Waals surface area contributed by atoms with Crippen molar-refractivity contribution >= 4 is 10.0 Å². The summed E-state index contributed by atoms with van der Waals surface area (Å²) in [4.78, 5) is 2.63. The van der Waals surface area contributed by atoms with Crippen molar-refractivity contribution in [3.05, 3.63) is 29.8 Å². The molecule has 0 radical (unpaired) electrons. The molecule has 19 heavy (non-hydrogen) atoms. The predicted molar refractivity (Wildman–Crippen MR) is 75.4 cm³/mol. The zero-order valence-electron chi connectivity index (χ0n) is 11.6. The highest BCUT2D eigenvalue weighted by molar-refractivity contribution is 7.89. The largest absolute Gasteiger partial charge is 0.314 e. The van der Waals surface area contributed by atoms with Gasteiger partial charge in [0.1, 0.15) is 0 Å². The van der Waals surface area contributed by atoms with E-state index in [1.807, 2.05) is 12.1 Å². The third-order valence-corrected chi connectivity index (χ3v) is 5.35. The van der Waals surface area contributed by atoms with Gasteiger partial charge in [0, 0.05) is 39.8 Å². The number of sulfonamides is 1. The van der Waals surface area contributed by atoms with Crippen molar-refractivity contribution in [3.8, 4) is 0 Å². The van der Waals surface area contributed by atoms with Gasteiger partial charge in [0.15, 0.2) is 0 Å². The summed E-state index contributed by atoms with van der Waals surface area (Å²) in [6.45, 7) is 2.90. The number of likely N-dealkylation sites (N-methyl/N-ethyl adjacent to an activating group) is 1. The first-order valence-electron chi connectivity index (χ1n) is 6.33. The third kappa shape index (κ3) is 3.14. The van der Waals surface area contributed by atoms with Crippen molar-refractivity contribution < 1.29 is 8.42 Å². The normalized spacial score (nSPS) is 16.9. The molecule has 1 N–H and O–H groups in total. The van der Waals surface area contributed by atoms with Crippen LogP contribution in [0.2, 0.25) is 0 Å². The molecule has 1 heterocycles. The van der Waals surface area contributed by atoms with Crippen LogP contribution in [0, 0.1) is 0 Å². The Bertz CT molecular complexity index is 521. The van der Waals surface area contributed by atoms with Gasteiger partial charge < -0.3 is 5.32 Å². The molecule has 1 aromatic carbocycles. The lowest BCUT2D eigenvalue weighted by Crippen LogP contribution is -2.55. The summed E-state index contributed by atoms with van der Waals surface area (Å²) in [5.41, 5.74) is 1.13. The predicted octanol–water partition coefficient (Wildman–Crippen LogP) is 0.341. The smallest absolute Gasteiger partial charge is 0.242 e. The molecule has 1 aliphatic rings. The zero-order valence-corrected chi connectivity index (χ0v) is 12.4. The molecular weight excluding hydrogens is 262 g/mol. The van der Waals surface area contributed by atoms with Crippen molar-refractivity contribution in [3.63, 3.8) is 0 Å². The number of rotatable bonds is 5. The van der Waals surface area contributed by atoms with Gasteiger partial charge in [0.05, 0.1) is 4.90 Å². The fraction of sp³-hybridized carbons (Fsp3) is 0.538. The topological polar surface area (TPSA) is 52.7 Å². The van der Waals surface area contributed by atoms with Crippen LogP contribution in [-0.4, -0.2) is 57.9 Å². The van der Waals surface area contributed by atoms with Crippen LogP contribution in [0.5, 0.6) is 0 Å². The molecule has 106 valence electrons. The maximum absolute atomic E-state index is 11.9. The number of nitrogens with zero attached hydrogens (tertiary/aromatic N) is 2. The van der Waals surface area contributed by atoms with Gasteiger partial charge in [-0.3, -0.25) is 4.90 Å². The Kier molecular flexibility index (Phi) is 4.25. The van der Waals surface area contributed by atoms with E-state index in [0.29, 0.717) is 10.9 Å². The summed E-state index contributed by atoms with van der Waals surface area (Å²) in [5.74, 6) is 0. The highest BCUT2D eigenvalue weighted by Gasteiger charge is 2.21. The first kappa shape index (κ1) is 14.5. The standard InChI is InChI=1S/C13H21N3O2S/c1-15(2)19(17,18)13-6-4-11(5-7-13)10-16(3)12-8-14-9-12/h4-7,12,14H,8-10H2,1-3H3. The Labute approximate surface area is 115 Å². The van der Waals surface area contributed by atoms with Gasteiger partial charge in [-0.25, -0.2) is 12.7 Å². The highest BCUT2D eigenvalue weighted by Crippen LogP contribution is 2.15. The van der Waals surface area contributed by atoms with E-state index in [9.17, 15) is 8.42 Å². The van der Waals surface area contributed by atoms with Crippen LogP contribution in [0.15, 0.2) is 29.2 Å². The Hall–Kier alpha value is -0.950. The zero-order chi connectivity index (χ0) is 14.0. The fourth-order valence-corrected chi connectivity index (χ4v) is 2.88. The maximum Gasteiger partial charge on any atom is 0.242 e. The first-order chi connectivity index (χ1) is 8.91. The summed E-state index contributed by atoms with van der Waals surface area (Å²) in [6, 6.07) is 7.72. The van der Waals surface area contributed by atoms with Crippen molar-refractivity contribution in [1.29, 1.82) is 0 Å². The van der Waals surface area contributed by atoms with E-state index < -0.39 is 10.0 Å². The van der Waals surface area contributed by atoms with Gasteiger partial charge >= 0.3 is 0 Å². The monoisotopic (exact) mass is 283 g/mol. The van der Waals surface area contributed by atoms with E-state index in [4.69, 9.17) is 0 Å². The molecule has 2 rings (SSSR count). The second kappa shape index (κ2) is 5.58. The molecular formula is C13H21N3O2S. The SMILES string of the molecule is CN(Cc1ccc(S(=O)(=O)N(C)C)cc1)C1CNC1. The van der Waals surface area contributed by atoms with Crippen LogP contribution in [0.25, 0.3) is 0 Å². The Morgan fingerprint density at radius 2 is 1.74 bits per heavy atom. The molecule has 1 saturated heterocycles. The number of nitrogens with one attached hydrogen (secondary N) is 1. The molecule has 0 atom stereocenters. The molecule has 5 nitrogen and oxygen atoms in total.